The lowest BCUT2D eigenvalue weighted by Gasteiger charge is -2.21. The van der Waals surface area contributed by atoms with E-state index in [0.717, 1.165) is 30.0 Å². The van der Waals surface area contributed by atoms with Gasteiger partial charge in [0.2, 0.25) is 0 Å². The smallest absolute Gasteiger partial charge is 0.338 e. The zero-order chi connectivity index (χ0) is 21.4. The van der Waals surface area contributed by atoms with Gasteiger partial charge in [-0.05, 0) is 55.8 Å². The Morgan fingerprint density at radius 3 is 1.90 bits per heavy atom. The minimum atomic E-state index is -0.492. The lowest BCUT2D eigenvalue weighted by atomic mass is 10.2. The molecule has 156 valence electrons. The third kappa shape index (κ3) is 6.24. The highest BCUT2D eigenvalue weighted by atomic mass is 16.5. The van der Waals surface area contributed by atoms with Crippen LogP contribution in [-0.4, -0.2) is 57.6 Å². The van der Waals surface area contributed by atoms with E-state index in [0.29, 0.717) is 12.1 Å². The summed E-state index contributed by atoms with van der Waals surface area (Å²) in [4.78, 5) is 30.3. The van der Waals surface area contributed by atoms with Crippen LogP contribution in [0.25, 0.3) is 0 Å². The Morgan fingerprint density at radius 2 is 1.38 bits per heavy atom. The molecule has 0 spiro atoms. The van der Waals surface area contributed by atoms with Gasteiger partial charge in [-0.3, -0.25) is 4.79 Å². The lowest BCUT2D eigenvalue weighted by molar-refractivity contribution is -0.133. The summed E-state index contributed by atoms with van der Waals surface area (Å²) in [5.41, 5.74) is 3.62. The van der Waals surface area contributed by atoms with Gasteiger partial charge < -0.3 is 19.4 Å². The highest BCUT2D eigenvalue weighted by Gasteiger charge is 2.14. The van der Waals surface area contributed by atoms with E-state index in [2.05, 4.69) is 18.7 Å². The third-order valence-corrected chi connectivity index (χ3v) is 4.86. The second-order valence-corrected chi connectivity index (χ2v) is 7.11. The van der Waals surface area contributed by atoms with Crippen molar-refractivity contribution in [2.24, 2.45) is 0 Å². The average Bonchev–Trinajstić information content (AvgIpc) is 2.73. The van der Waals surface area contributed by atoms with Gasteiger partial charge in [-0.25, -0.2) is 4.79 Å². The molecule has 2 aromatic carbocycles. The summed E-state index contributed by atoms with van der Waals surface area (Å²) in [6, 6.07) is 15.3. The van der Waals surface area contributed by atoms with Crippen LogP contribution in [0.15, 0.2) is 48.5 Å². The molecule has 0 bridgehead atoms. The van der Waals surface area contributed by atoms with E-state index >= 15 is 0 Å². The number of hydrogen-bond donors (Lipinski definition) is 0. The summed E-state index contributed by atoms with van der Waals surface area (Å²) in [6.45, 7) is 6.17. The molecule has 0 aliphatic carbocycles. The molecule has 0 fully saturated rings. The highest BCUT2D eigenvalue weighted by molar-refractivity contribution is 5.91. The molecule has 6 heteroatoms. The number of ether oxygens (including phenoxy) is 1. The Kier molecular flexibility index (Phi) is 8.07. The van der Waals surface area contributed by atoms with Crippen molar-refractivity contribution in [1.29, 1.82) is 0 Å². The van der Waals surface area contributed by atoms with Gasteiger partial charge in [0, 0.05) is 52.2 Å². The fraction of sp³-hybridized carbons (Fsp3) is 0.391. The van der Waals surface area contributed by atoms with Crippen molar-refractivity contribution in [1.82, 2.24) is 4.90 Å². The number of likely N-dealkylation sites (N-methyl/N-ethyl adjacent to an activating group) is 1. The summed E-state index contributed by atoms with van der Waals surface area (Å²) in [5.74, 6) is -0.733. The van der Waals surface area contributed by atoms with Crippen LogP contribution >= 0.6 is 0 Å². The first kappa shape index (κ1) is 22.3. The van der Waals surface area contributed by atoms with Crippen molar-refractivity contribution in [2.75, 3.05) is 50.6 Å². The van der Waals surface area contributed by atoms with E-state index in [4.69, 9.17) is 4.74 Å². The number of rotatable bonds is 9. The van der Waals surface area contributed by atoms with Gasteiger partial charge >= 0.3 is 5.97 Å². The van der Waals surface area contributed by atoms with Crippen LogP contribution < -0.4 is 9.80 Å². The SMILES string of the molecule is CCN(CC)c1ccc(C(=O)OCC(=O)N(C)Cc2ccc(N(C)C)cc2)cc1. The number of benzene rings is 2. The zero-order valence-corrected chi connectivity index (χ0v) is 18.0. The fourth-order valence-corrected chi connectivity index (χ4v) is 2.98. The molecule has 0 saturated heterocycles. The minimum absolute atomic E-state index is 0.241. The quantitative estimate of drug-likeness (QED) is 0.607. The van der Waals surface area contributed by atoms with E-state index in [1.165, 1.54) is 0 Å². The molecule has 29 heavy (non-hydrogen) atoms. The van der Waals surface area contributed by atoms with Crippen molar-refractivity contribution < 1.29 is 14.3 Å². The molecule has 0 aliphatic heterocycles. The van der Waals surface area contributed by atoms with Crippen molar-refractivity contribution >= 4 is 23.3 Å². The highest BCUT2D eigenvalue weighted by Crippen LogP contribution is 2.16. The Morgan fingerprint density at radius 1 is 0.828 bits per heavy atom. The maximum absolute atomic E-state index is 12.3. The van der Waals surface area contributed by atoms with Crippen LogP contribution in [0, 0.1) is 0 Å². The number of hydrogen-bond acceptors (Lipinski definition) is 5. The van der Waals surface area contributed by atoms with E-state index < -0.39 is 5.97 Å². The lowest BCUT2D eigenvalue weighted by Crippen LogP contribution is -2.30. The van der Waals surface area contributed by atoms with Crippen LogP contribution in [0.3, 0.4) is 0 Å². The monoisotopic (exact) mass is 397 g/mol. The number of esters is 1. The molecule has 1 amide bonds. The standard InChI is InChI=1S/C23H31N3O3/c1-6-26(7-2)21-14-10-19(11-15-21)23(28)29-17-22(27)25(5)16-18-8-12-20(13-9-18)24(3)4/h8-15H,6-7,16-17H2,1-5H3. The van der Waals surface area contributed by atoms with Crippen molar-refractivity contribution in [3.63, 3.8) is 0 Å². The van der Waals surface area contributed by atoms with Crippen LogP contribution in [0.4, 0.5) is 11.4 Å². The Balaban J connectivity index is 1.86. The van der Waals surface area contributed by atoms with Gasteiger partial charge in [0.25, 0.3) is 5.91 Å². The molecule has 0 atom stereocenters. The molecular formula is C23H31N3O3. The van der Waals surface area contributed by atoms with Crippen molar-refractivity contribution in [3.8, 4) is 0 Å². The van der Waals surface area contributed by atoms with Crippen LogP contribution in [0.5, 0.6) is 0 Å². The first-order valence-electron chi connectivity index (χ1n) is 9.88. The molecule has 2 rings (SSSR count). The Labute approximate surface area is 173 Å². The van der Waals surface area contributed by atoms with E-state index in [9.17, 15) is 9.59 Å². The molecule has 6 nitrogen and oxygen atoms in total. The molecule has 0 aromatic heterocycles. The van der Waals surface area contributed by atoms with Crippen LogP contribution in [-0.2, 0) is 16.1 Å². The number of carbonyl (C=O) groups is 2. The van der Waals surface area contributed by atoms with Crippen LogP contribution in [0.2, 0.25) is 0 Å². The molecule has 0 aliphatic rings. The number of amides is 1. The number of carbonyl (C=O) groups excluding carboxylic acids is 2. The summed E-state index contributed by atoms with van der Waals surface area (Å²) in [5, 5.41) is 0. The van der Waals surface area contributed by atoms with Gasteiger partial charge in [-0.1, -0.05) is 12.1 Å². The largest absolute Gasteiger partial charge is 0.452 e. The molecule has 0 unspecified atom stereocenters. The minimum Gasteiger partial charge on any atom is -0.452 e. The second-order valence-electron chi connectivity index (χ2n) is 7.11. The second kappa shape index (κ2) is 10.5. The summed E-state index contributed by atoms with van der Waals surface area (Å²) in [7, 11) is 5.67. The van der Waals surface area contributed by atoms with Crippen LogP contribution in [0.1, 0.15) is 29.8 Å². The van der Waals surface area contributed by atoms with Gasteiger partial charge in [-0.15, -0.1) is 0 Å². The zero-order valence-electron chi connectivity index (χ0n) is 18.0. The first-order chi connectivity index (χ1) is 13.8. The Bertz CT molecular complexity index is 797. The molecule has 0 radical (unpaired) electrons. The van der Waals surface area contributed by atoms with Gasteiger partial charge in [-0.2, -0.15) is 0 Å². The van der Waals surface area contributed by atoms with E-state index in [1.54, 1.807) is 24.1 Å². The molecule has 0 saturated carbocycles. The molecule has 2 aromatic rings. The van der Waals surface area contributed by atoms with E-state index in [1.807, 2.05) is 55.4 Å². The van der Waals surface area contributed by atoms with Crippen molar-refractivity contribution in [3.05, 3.63) is 59.7 Å². The summed E-state index contributed by atoms with van der Waals surface area (Å²) < 4.78 is 5.20. The first-order valence-corrected chi connectivity index (χ1v) is 9.88. The predicted molar refractivity (Wildman–Crippen MR) is 118 cm³/mol. The third-order valence-electron chi connectivity index (χ3n) is 4.86. The molecular weight excluding hydrogens is 366 g/mol. The average molecular weight is 398 g/mol. The van der Waals surface area contributed by atoms with Gasteiger partial charge in [0.05, 0.1) is 5.56 Å². The number of anilines is 2. The molecule has 0 N–H and O–H groups in total. The van der Waals surface area contributed by atoms with Crippen molar-refractivity contribution in [2.45, 2.75) is 20.4 Å². The van der Waals surface area contributed by atoms with Gasteiger partial charge in [0.1, 0.15) is 0 Å². The maximum Gasteiger partial charge on any atom is 0.338 e. The molecule has 0 heterocycles. The van der Waals surface area contributed by atoms with Gasteiger partial charge in [0.15, 0.2) is 6.61 Å². The topological polar surface area (TPSA) is 53.1 Å². The predicted octanol–water partition coefficient (Wildman–Crippen LogP) is 3.41. The summed E-state index contributed by atoms with van der Waals surface area (Å²) in [6.07, 6.45) is 0. The summed E-state index contributed by atoms with van der Waals surface area (Å²) >= 11 is 0. The number of nitrogens with zero attached hydrogens (tertiary/aromatic N) is 3. The normalized spacial score (nSPS) is 10.4. The Hall–Kier alpha value is -3.02. The van der Waals surface area contributed by atoms with E-state index in [-0.39, 0.29) is 12.5 Å². The fourth-order valence-electron chi connectivity index (χ4n) is 2.98. The maximum atomic E-state index is 12.3.